The van der Waals surface area contributed by atoms with Gasteiger partial charge in [0.1, 0.15) is 12.4 Å². The molecular formula is C13H20N4O3S. The molecule has 116 valence electrons. The number of hydrogen-bond acceptors (Lipinski definition) is 6. The predicted molar refractivity (Wildman–Crippen MR) is 77.8 cm³/mol. The lowest BCUT2D eigenvalue weighted by Gasteiger charge is -2.19. The van der Waals surface area contributed by atoms with Crippen LogP contribution in [0.4, 0.5) is 0 Å². The second-order valence-electron chi connectivity index (χ2n) is 5.35. The van der Waals surface area contributed by atoms with Crippen molar-refractivity contribution >= 4 is 23.6 Å². The lowest BCUT2D eigenvalue weighted by molar-refractivity contribution is -0.146. The van der Waals surface area contributed by atoms with Crippen LogP contribution >= 0.6 is 11.8 Å². The van der Waals surface area contributed by atoms with E-state index >= 15 is 0 Å². The van der Waals surface area contributed by atoms with Crippen molar-refractivity contribution in [3.05, 3.63) is 6.33 Å². The monoisotopic (exact) mass is 312 g/mol. The van der Waals surface area contributed by atoms with Crippen LogP contribution in [0.5, 0.6) is 0 Å². The zero-order valence-electron chi connectivity index (χ0n) is 12.4. The Morgan fingerprint density at radius 3 is 2.81 bits per heavy atom. The smallest absolute Gasteiger partial charge is 0.328 e. The summed E-state index contributed by atoms with van der Waals surface area (Å²) < 4.78 is 6.70. The molecule has 1 amide bonds. The fourth-order valence-electron chi connectivity index (χ4n) is 1.91. The Labute approximate surface area is 127 Å². The molecular weight excluding hydrogens is 292 g/mol. The number of methoxy groups -OCH3 is 1. The highest BCUT2D eigenvalue weighted by atomic mass is 32.2. The van der Waals surface area contributed by atoms with Gasteiger partial charge in [0.2, 0.25) is 5.91 Å². The number of aromatic nitrogens is 3. The van der Waals surface area contributed by atoms with Crippen LogP contribution < -0.4 is 5.32 Å². The molecule has 1 aromatic heterocycles. The Morgan fingerprint density at radius 2 is 2.24 bits per heavy atom. The van der Waals surface area contributed by atoms with Crippen LogP contribution in [0.2, 0.25) is 0 Å². The summed E-state index contributed by atoms with van der Waals surface area (Å²) in [5.41, 5.74) is 0. The molecule has 1 aromatic rings. The van der Waals surface area contributed by atoms with Crippen molar-refractivity contribution in [3.63, 3.8) is 0 Å². The van der Waals surface area contributed by atoms with Gasteiger partial charge in [0, 0.05) is 6.04 Å². The Kier molecular flexibility index (Phi) is 5.22. The van der Waals surface area contributed by atoms with Gasteiger partial charge in [-0.2, -0.15) is 0 Å². The number of ether oxygens (including phenoxy) is 1. The van der Waals surface area contributed by atoms with Gasteiger partial charge in [-0.25, -0.2) is 4.79 Å². The molecule has 1 aliphatic carbocycles. The van der Waals surface area contributed by atoms with Gasteiger partial charge >= 0.3 is 5.97 Å². The molecule has 0 aliphatic heterocycles. The van der Waals surface area contributed by atoms with Gasteiger partial charge in [-0.05, 0) is 18.8 Å². The van der Waals surface area contributed by atoms with E-state index in [9.17, 15) is 9.59 Å². The minimum Gasteiger partial charge on any atom is -0.467 e. The Morgan fingerprint density at radius 1 is 1.52 bits per heavy atom. The number of carbonyl (C=O) groups is 2. The van der Waals surface area contributed by atoms with E-state index in [0.29, 0.717) is 6.04 Å². The van der Waals surface area contributed by atoms with Gasteiger partial charge < -0.3 is 14.6 Å². The first-order valence-electron chi connectivity index (χ1n) is 6.92. The molecule has 0 bridgehead atoms. The maximum atomic E-state index is 12.0. The Hall–Kier alpha value is -1.57. The third-order valence-electron chi connectivity index (χ3n) is 3.25. The molecule has 1 N–H and O–H groups in total. The zero-order chi connectivity index (χ0) is 15.4. The molecule has 1 heterocycles. The highest BCUT2D eigenvalue weighted by Gasteiger charge is 2.27. The molecule has 1 fully saturated rings. The van der Waals surface area contributed by atoms with Crippen molar-refractivity contribution in [3.8, 4) is 0 Å². The third kappa shape index (κ3) is 4.20. The SMILES string of the molecule is COC(=O)C(NC(=O)CSc1nncn1C1CC1)C(C)C. The number of rotatable bonds is 7. The molecule has 1 atom stereocenters. The number of nitrogens with zero attached hydrogens (tertiary/aromatic N) is 3. The Bertz CT molecular complexity index is 513. The zero-order valence-corrected chi connectivity index (χ0v) is 13.2. The van der Waals surface area contributed by atoms with E-state index < -0.39 is 12.0 Å². The summed E-state index contributed by atoms with van der Waals surface area (Å²) in [5, 5.41) is 11.3. The highest BCUT2D eigenvalue weighted by molar-refractivity contribution is 7.99. The van der Waals surface area contributed by atoms with E-state index in [1.165, 1.54) is 18.9 Å². The summed E-state index contributed by atoms with van der Waals surface area (Å²) in [4.78, 5) is 23.6. The second-order valence-corrected chi connectivity index (χ2v) is 6.30. The molecule has 8 heteroatoms. The summed E-state index contributed by atoms with van der Waals surface area (Å²) in [6.07, 6.45) is 3.97. The summed E-state index contributed by atoms with van der Waals surface area (Å²) in [7, 11) is 1.32. The first-order chi connectivity index (χ1) is 10.0. The summed E-state index contributed by atoms with van der Waals surface area (Å²) >= 11 is 1.33. The number of esters is 1. The average molecular weight is 312 g/mol. The van der Waals surface area contributed by atoms with E-state index in [2.05, 4.69) is 15.5 Å². The quantitative estimate of drug-likeness (QED) is 0.597. The molecule has 0 radical (unpaired) electrons. The third-order valence-corrected chi connectivity index (χ3v) is 4.21. The van der Waals surface area contributed by atoms with Crippen molar-refractivity contribution in [1.29, 1.82) is 0 Å². The normalized spacial score (nSPS) is 15.8. The Balaban J connectivity index is 1.86. The summed E-state index contributed by atoms with van der Waals surface area (Å²) in [5.74, 6) is -0.466. The van der Waals surface area contributed by atoms with Gasteiger partial charge in [0.05, 0.1) is 12.9 Å². The van der Waals surface area contributed by atoms with Crippen molar-refractivity contribution < 1.29 is 14.3 Å². The van der Waals surface area contributed by atoms with Crippen molar-refractivity contribution in [2.24, 2.45) is 5.92 Å². The maximum Gasteiger partial charge on any atom is 0.328 e. The number of thioether (sulfide) groups is 1. The fourth-order valence-corrected chi connectivity index (χ4v) is 2.70. The number of amides is 1. The lowest BCUT2D eigenvalue weighted by Crippen LogP contribution is -2.45. The van der Waals surface area contributed by atoms with Crippen LogP contribution in [0.3, 0.4) is 0 Å². The second kappa shape index (κ2) is 6.93. The topological polar surface area (TPSA) is 86.1 Å². The van der Waals surface area contributed by atoms with Crippen molar-refractivity contribution in [2.45, 2.75) is 43.9 Å². The van der Waals surface area contributed by atoms with Gasteiger partial charge in [-0.15, -0.1) is 10.2 Å². The van der Waals surface area contributed by atoms with Crippen molar-refractivity contribution in [2.75, 3.05) is 12.9 Å². The van der Waals surface area contributed by atoms with Crippen LogP contribution in [0.1, 0.15) is 32.7 Å². The lowest BCUT2D eigenvalue weighted by atomic mass is 10.1. The van der Waals surface area contributed by atoms with E-state index in [1.54, 1.807) is 6.33 Å². The largest absolute Gasteiger partial charge is 0.467 e. The van der Waals surface area contributed by atoms with E-state index in [-0.39, 0.29) is 17.6 Å². The minimum absolute atomic E-state index is 0.0264. The summed E-state index contributed by atoms with van der Waals surface area (Å²) in [6.45, 7) is 3.72. The van der Waals surface area contributed by atoms with Crippen LogP contribution in [0.15, 0.2) is 11.5 Å². The highest BCUT2D eigenvalue weighted by Crippen LogP contribution is 2.37. The standard InChI is InChI=1S/C13H20N4O3S/c1-8(2)11(12(19)20-3)15-10(18)6-21-13-16-14-7-17(13)9-4-5-9/h7-9,11H,4-6H2,1-3H3,(H,15,18). The van der Waals surface area contributed by atoms with Crippen LogP contribution in [-0.4, -0.2) is 45.5 Å². The first-order valence-corrected chi connectivity index (χ1v) is 7.91. The van der Waals surface area contributed by atoms with Crippen LogP contribution in [0.25, 0.3) is 0 Å². The molecule has 0 saturated heterocycles. The average Bonchev–Trinajstić information content (AvgIpc) is 3.20. The molecule has 2 rings (SSSR count). The number of hydrogen-bond donors (Lipinski definition) is 1. The molecule has 1 aliphatic rings. The molecule has 21 heavy (non-hydrogen) atoms. The van der Waals surface area contributed by atoms with Crippen LogP contribution in [0, 0.1) is 5.92 Å². The van der Waals surface area contributed by atoms with Gasteiger partial charge in [0.15, 0.2) is 5.16 Å². The molecule has 0 aromatic carbocycles. The predicted octanol–water partition coefficient (Wildman–Crippen LogP) is 1.02. The maximum absolute atomic E-state index is 12.0. The molecule has 1 saturated carbocycles. The molecule has 0 spiro atoms. The van der Waals surface area contributed by atoms with E-state index in [0.717, 1.165) is 18.0 Å². The number of nitrogens with one attached hydrogen (secondary N) is 1. The fraction of sp³-hybridized carbons (Fsp3) is 0.692. The molecule has 7 nitrogen and oxygen atoms in total. The van der Waals surface area contributed by atoms with Gasteiger partial charge in [-0.3, -0.25) is 4.79 Å². The van der Waals surface area contributed by atoms with E-state index in [4.69, 9.17) is 4.74 Å². The van der Waals surface area contributed by atoms with Gasteiger partial charge in [0.25, 0.3) is 0 Å². The minimum atomic E-state index is -0.621. The van der Waals surface area contributed by atoms with E-state index in [1.807, 2.05) is 18.4 Å². The number of carbonyl (C=O) groups excluding carboxylic acids is 2. The van der Waals surface area contributed by atoms with Crippen LogP contribution in [-0.2, 0) is 14.3 Å². The van der Waals surface area contributed by atoms with Crippen molar-refractivity contribution in [1.82, 2.24) is 20.1 Å². The summed E-state index contributed by atoms with van der Waals surface area (Å²) in [6, 6.07) is -0.145. The first kappa shape index (κ1) is 15.8. The molecule has 1 unspecified atom stereocenters. The van der Waals surface area contributed by atoms with Gasteiger partial charge in [-0.1, -0.05) is 25.6 Å².